The first kappa shape index (κ1) is 17.2. The van der Waals surface area contributed by atoms with Gasteiger partial charge in [0.05, 0.1) is 5.39 Å². The number of nitrogens with one attached hydrogen (secondary N) is 1. The Balaban J connectivity index is 1.74. The lowest BCUT2D eigenvalue weighted by Crippen LogP contribution is -2.12. The van der Waals surface area contributed by atoms with Gasteiger partial charge < -0.3 is 10.1 Å². The van der Waals surface area contributed by atoms with Crippen LogP contribution in [0.4, 0.5) is 5.82 Å². The van der Waals surface area contributed by atoms with Crippen LogP contribution in [0.5, 0.6) is 5.75 Å². The summed E-state index contributed by atoms with van der Waals surface area (Å²) < 4.78 is 5.68. The van der Waals surface area contributed by atoms with Crippen LogP contribution < -0.4 is 10.1 Å². The molecule has 0 fully saturated rings. The highest BCUT2D eigenvalue weighted by Gasteiger charge is 2.09. The molecule has 128 valence electrons. The summed E-state index contributed by atoms with van der Waals surface area (Å²) in [6.45, 7) is 4.70. The number of fused-ring (bicyclic) bond motifs is 1. The molecule has 3 rings (SSSR count). The molecule has 1 atom stereocenters. The summed E-state index contributed by atoms with van der Waals surface area (Å²) in [5, 5.41) is 13.5. The van der Waals surface area contributed by atoms with Gasteiger partial charge in [0.25, 0.3) is 0 Å². The number of aryl methyl sites for hydroxylation is 1. The molecule has 3 aromatic rings. The Hall–Kier alpha value is -2.65. The zero-order chi connectivity index (χ0) is 17.6. The molecule has 0 aliphatic heterocycles. The van der Waals surface area contributed by atoms with Gasteiger partial charge in [0.15, 0.2) is 6.10 Å². The van der Waals surface area contributed by atoms with Crippen LogP contribution in [-0.2, 0) is 13.0 Å². The lowest BCUT2D eigenvalue weighted by atomic mass is 10.2. The van der Waals surface area contributed by atoms with Gasteiger partial charge in [0.2, 0.25) is 0 Å². The monoisotopic (exact) mass is 352 g/mol. The maximum Gasteiger partial charge on any atom is 0.184 e. The van der Waals surface area contributed by atoms with Crippen LogP contribution in [0.2, 0.25) is 0 Å². The second-order valence-electron chi connectivity index (χ2n) is 5.65. The fourth-order valence-corrected chi connectivity index (χ4v) is 3.44. The molecule has 0 aliphatic rings. The highest BCUT2D eigenvalue weighted by Crippen LogP contribution is 2.28. The van der Waals surface area contributed by atoms with Gasteiger partial charge >= 0.3 is 0 Å². The second-order valence-corrected chi connectivity index (χ2v) is 6.77. The van der Waals surface area contributed by atoms with E-state index in [2.05, 4.69) is 34.3 Å². The lowest BCUT2D eigenvalue weighted by molar-refractivity contribution is 0.251. The summed E-state index contributed by atoms with van der Waals surface area (Å²) in [5.41, 5.74) is 1.07. The maximum absolute atomic E-state index is 9.03. The highest BCUT2D eigenvalue weighted by atomic mass is 32.1. The molecule has 1 aromatic carbocycles. The molecule has 6 heteroatoms. The van der Waals surface area contributed by atoms with Gasteiger partial charge in [-0.2, -0.15) is 5.26 Å². The number of benzene rings is 1. The number of ether oxygens (including phenoxy) is 1. The van der Waals surface area contributed by atoms with Gasteiger partial charge in [0, 0.05) is 11.4 Å². The van der Waals surface area contributed by atoms with E-state index in [0.717, 1.165) is 28.0 Å². The Bertz CT molecular complexity index is 900. The van der Waals surface area contributed by atoms with Crippen molar-refractivity contribution in [3.05, 3.63) is 47.1 Å². The van der Waals surface area contributed by atoms with Gasteiger partial charge in [-0.3, -0.25) is 0 Å². The molecular formula is C19H20N4OS. The quantitative estimate of drug-likeness (QED) is 0.675. The molecule has 1 N–H and O–H groups in total. The summed E-state index contributed by atoms with van der Waals surface area (Å²) in [6.07, 6.45) is 2.84. The van der Waals surface area contributed by atoms with E-state index in [4.69, 9.17) is 10.00 Å². The lowest BCUT2D eigenvalue weighted by Gasteiger charge is -2.12. The Morgan fingerprint density at radius 1 is 1.28 bits per heavy atom. The molecule has 2 aromatic heterocycles. The van der Waals surface area contributed by atoms with Crippen molar-refractivity contribution in [2.24, 2.45) is 0 Å². The van der Waals surface area contributed by atoms with Crippen LogP contribution in [0.25, 0.3) is 10.2 Å². The van der Waals surface area contributed by atoms with E-state index in [-0.39, 0.29) is 0 Å². The third kappa shape index (κ3) is 4.06. The third-order valence-electron chi connectivity index (χ3n) is 3.88. The Morgan fingerprint density at radius 3 is 2.92 bits per heavy atom. The number of rotatable bonds is 7. The zero-order valence-corrected chi connectivity index (χ0v) is 15.1. The number of nitrogens with zero attached hydrogens (tertiary/aromatic N) is 3. The summed E-state index contributed by atoms with van der Waals surface area (Å²) in [7, 11) is 0. The Morgan fingerprint density at radius 2 is 2.16 bits per heavy atom. The molecule has 1 unspecified atom stereocenters. The average Bonchev–Trinajstić information content (AvgIpc) is 3.08. The molecule has 0 radical (unpaired) electrons. The molecular weight excluding hydrogens is 332 g/mol. The Kier molecular flexibility index (Phi) is 5.46. The number of aromatic nitrogens is 2. The largest absolute Gasteiger partial charge is 0.476 e. The van der Waals surface area contributed by atoms with Gasteiger partial charge in [0.1, 0.15) is 28.8 Å². The minimum Gasteiger partial charge on any atom is -0.476 e. The van der Waals surface area contributed by atoms with Crippen LogP contribution >= 0.6 is 11.3 Å². The molecule has 0 bridgehead atoms. The predicted octanol–water partition coefficient (Wildman–Crippen LogP) is 4.55. The second kappa shape index (κ2) is 7.95. The van der Waals surface area contributed by atoms with Crippen LogP contribution in [0.3, 0.4) is 0 Å². The first-order chi connectivity index (χ1) is 12.2. The summed E-state index contributed by atoms with van der Waals surface area (Å²) in [5.74, 6) is 1.56. The van der Waals surface area contributed by atoms with Crippen LogP contribution in [0.15, 0.2) is 36.7 Å². The van der Waals surface area contributed by atoms with Crippen LogP contribution in [0, 0.1) is 11.3 Å². The molecule has 0 amide bonds. The summed E-state index contributed by atoms with van der Waals surface area (Å²) >= 11 is 1.71. The summed E-state index contributed by atoms with van der Waals surface area (Å²) in [6, 6.07) is 12.1. The average molecular weight is 352 g/mol. The van der Waals surface area contributed by atoms with Crippen molar-refractivity contribution in [3.8, 4) is 11.8 Å². The van der Waals surface area contributed by atoms with Gasteiger partial charge in [-0.15, -0.1) is 11.3 Å². The smallest absolute Gasteiger partial charge is 0.184 e. The topological polar surface area (TPSA) is 70.8 Å². The normalized spacial score (nSPS) is 11.9. The predicted molar refractivity (Wildman–Crippen MR) is 101 cm³/mol. The fraction of sp³-hybridized carbons (Fsp3) is 0.316. The van der Waals surface area contributed by atoms with Crippen molar-refractivity contribution >= 4 is 27.4 Å². The standard InChI is InChI=1S/C19H20N4OS/c1-3-14(10-20)24-15-7-5-6-13(8-15)11-21-18-17-9-16(4-2)25-19(17)23-12-22-18/h5-9,12,14H,3-4,11H2,1-2H3,(H,21,22,23). The zero-order valence-electron chi connectivity index (χ0n) is 14.3. The third-order valence-corrected chi connectivity index (χ3v) is 5.07. The number of hydrogen-bond acceptors (Lipinski definition) is 6. The first-order valence-corrected chi connectivity index (χ1v) is 9.17. The molecule has 0 spiro atoms. The van der Waals surface area contributed by atoms with E-state index in [1.165, 1.54) is 4.88 Å². The maximum atomic E-state index is 9.03. The number of anilines is 1. The van der Waals surface area contributed by atoms with Crippen LogP contribution in [0.1, 0.15) is 30.7 Å². The fourth-order valence-electron chi connectivity index (χ4n) is 2.50. The van der Waals surface area contributed by atoms with Gasteiger partial charge in [-0.25, -0.2) is 9.97 Å². The number of nitriles is 1. The van der Waals surface area contributed by atoms with Crippen molar-refractivity contribution < 1.29 is 4.74 Å². The first-order valence-electron chi connectivity index (χ1n) is 8.36. The van der Waals surface area contributed by atoms with Crippen molar-refractivity contribution in [3.63, 3.8) is 0 Å². The van der Waals surface area contributed by atoms with Gasteiger partial charge in [-0.05, 0) is 36.6 Å². The molecule has 0 aliphatic carbocycles. The minimum atomic E-state index is -0.414. The Labute approximate surface area is 151 Å². The van der Waals surface area contributed by atoms with Crippen molar-refractivity contribution in [2.45, 2.75) is 39.3 Å². The van der Waals surface area contributed by atoms with Crippen molar-refractivity contribution in [1.29, 1.82) is 5.26 Å². The summed E-state index contributed by atoms with van der Waals surface area (Å²) in [4.78, 5) is 11.0. The number of hydrogen-bond donors (Lipinski definition) is 1. The molecule has 25 heavy (non-hydrogen) atoms. The molecule has 2 heterocycles. The SMILES string of the molecule is CCc1cc2c(NCc3cccc(OC(C#N)CC)c3)ncnc2s1. The van der Waals surface area contributed by atoms with E-state index in [1.54, 1.807) is 17.7 Å². The van der Waals surface area contributed by atoms with E-state index in [0.29, 0.717) is 18.7 Å². The van der Waals surface area contributed by atoms with Crippen molar-refractivity contribution in [1.82, 2.24) is 9.97 Å². The van der Waals surface area contributed by atoms with Gasteiger partial charge in [-0.1, -0.05) is 26.0 Å². The molecule has 0 saturated carbocycles. The van der Waals surface area contributed by atoms with E-state index < -0.39 is 6.10 Å². The van der Waals surface area contributed by atoms with E-state index >= 15 is 0 Å². The van der Waals surface area contributed by atoms with E-state index in [9.17, 15) is 0 Å². The van der Waals surface area contributed by atoms with Crippen molar-refractivity contribution in [2.75, 3.05) is 5.32 Å². The highest BCUT2D eigenvalue weighted by molar-refractivity contribution is 7.18. The molecule has 0 saturated heterocycles. The molecule has 5 nitrogen and oxygen atoms in total. The number of thiophene rings is 1. The van der Waals surface area contributed by atoms with Crippen LogP contribution in [-0.4, -0.2) is 16.1 Å². The minimum absolute atomic E-state index is 0.414. The van der Waals surface area contributed by atoms with E-state index in [1.807, 2.05) is 31.2 Å².